The van der Waals surface area contributed by atoms with Crippen LogP contribution in [0.3, 0.4) is 0 Å². The topological polar surface area (TPSA) is 118 Å². The minimum atomic E-state index is -4.75. The second-order valence-corrected chi connectivity index (χ2v) is 3.66. The van der Waals surface area contributed by atoms with E-state index in [9.17, 15) is 28.1 Å². The minimum absolute atomic E-state index is 0.308. The summed E-state index contributed by atoms with van der Waals surface area (Å²) in [5, 5.41) is 22.7. The van der Waals surface area contributed by atoms with Crippen molar-refractivity contribution < 1.29 is 27.6 Å². The Bertz CT molecular complexity index is 679. The number of nitrogens with zero attached hydrogens (tertiary/aromatic N) is 3. The molecule has 8 nitrogen and oxygen atoms in total. The average Bonchev–Trinajstić information content (AvgIpc) is 2.46. The van der Waals surface area contributed by atoms with Crippen LogP contribution in [0.4, 0.5) is 24.5 Å². The number of methoxy groups -OCH3 is 1. The molecule has 0 heterocycles. The van der Waals surface area contributed by atoms with Crippen molar-refractivity contribution in [2.75, 3.05) is 12.5 Å². The quantitative estimate of drug-likeness (QED) is 0.393. The van der Waals surface area contributed by atoms with Gasteiger partial charge in [-0.2, -0.15) is 23.5 Å². The number of ether oxygens (including phenoxy) is 1. The number of hydrogen-bond acceptors (Lipinski definition) is 7. The summed E-state index contributed by atoms with van der Waals surface area (Å²) in [7, 11) is 0.982. The van der Waals surface area contributed by atoms with Crippen molar-refractivity contribution in [1.29, 1.82) is 5.26 Å². The summed E-state index contributed by atoms with van der Waals surface area (Å²) >= 11 is 0. The van der Waals surface area contributed by atoms with Gasteiger partial charge in [0, 0.05) is 6.07 Å². The number of rotatable bonds is 4. The van der Waals surface area contributed by atoms with Crippen molar-refractivity contribution in [3.8, 4) is 6.07 Å². The van der Waals surface area contributed by atoms with E-state index in [1.807, 2.05) is 5.43 Å². The van der Waals surface area contributed by atoms with Crippen LogP contribution in [0.1, 0.15) is 5.56 Å². The number of anilines is 1. The lowest BCUT2D eigenvalue weighted by molar-refractivity contribution is -0.384. The summed E-state index contributed by atoms with van der Waals surface area (Å²) in [5.74, 6) is -1.11. The van der Waals surface area contributed by atoms with Gasteiger partial charge in [-0.3, -0.25) is 15.5 Å². The number of halogens is 3. The molecular weight excluding hydrogens is 309 g/mol. The maximum atomic E-state index is 12.5. The molecule has 0 aliphatic rings. The molecule has 0 spiro atoms. The normalized spacial score (nSPS) is 11.5. The molecule has 0 radical (unpaired) electrons. The zero-order chi connectivity index (χ0) is 16.9. The van der Waals surface area contributed by atoms with E-state index < -0.39 is 39.7 Å². The number of hydrazone groups is 1. The van der Waals surface area contributed by atoms with E-state index in [-0.39, 0.29) is 0 Å². The summed E-state index contributed by atoms with van der Waals surface area (Å²) in [6.07, 6.45) is -4.75. The van der Waals surface area contributed by atoms with Crippen LogP contribution in [0, 0.1) is 21.4 Å². The Morgan fingerprint density at radius 3 is 2.59 bits per heavy atom. The van der Waals surface area contributed by atoms with Crippen LogP contribution in [-0.4, -0.2) is 23.7 Å². The molecule has 0 bridgehead atoms. The number of nitro groups is 1. The molecule has 1 aromatic carbocycles. The molecular formula is C11H7F3N4O4. The molecule has 0 aliphatic heterocycles. The fourth-order valence-corrected chi connectivity index (χ4v) is 1.28. The van der Waals surface area contributed by atoms with Gasteiger partial charge in [0.05, 0.1) is 17.6 Å². The van der Waals surface area contributed by atoms with Gasteiger partial charge >= 0.3 is 12.1 Å². The summed E-state index contributed by atoms with van der Waals surface area (Å²) < 4.78 is 41.7. The van der Waals surface area contributed by atoms with Crippen molar-refractivity contribution in [1.82, 2.24) is 0 Å². The van der Waals surface area contributed by atoms with E-state index in [1.54, 1.807) is 0 Å². The highest BCUT2D eigenvalue weighted by Gasteiger charge is 2.33. The number of nitriles is 1. The third kappa shape index (κ3) is 3.92. The molecule has 1 N–H and O–H groups in total. The first-order chi connectivity index (χ1) is 10.2. The molecule has 1 rings (SSSR count). The molecule has 0 aromatic heterocycles. The van der Waals surface area contributed by atoms with Gasteiger partial charge < -0.3 is 4.74 Å². The third-order valence-corrected chi connectivity index (χ3v) is 2.29. The maximum Gasteiger partial charge on any atom is 0.416 e. The Balaban J connectivity index is 3.21. The number of benzene rings is 1. The van der Waals surface area contributed by atoms with Crippen molar-refractivity contribution in [2.45, 2.75) is 6.18 Å². The standard InChI is InChI=1S/C11H7F3N4O4/c1-22-10(19)8(5-15)17-16-7-3-2-6(11(12,13)14)4-9(7)18(20)21/h2-4,16H,1H3/b17-8+. The molecule has 0 saturated heterocycles. The lowest BCUT2D eigenvalue weighted by Crippen LogP contribution is -2.15. The van der Waals surface area contributed by atoms with Crippen LogP contribution < -0.4 is 5.43 Å². The maximum absolute atomic E-state index is 12.5. The third-order valence-electron chi connectivity index (χ3n) is 2.29. The van der Waals surface area contributed by atoms with E-state index in [4.69, 9.17) is 5.26 Å². The number of nitrogens with one attached hydrogen (secondary N) is 1. The number of nitro benzene ring substituents is 1. The molecule has 0 aliphatic carbocycles. The van der Waals surface area contributed by atoms with Gasteiger partial charge in [-0.1, -0.05) is 0 Å². The average molecular weight is 316 g/mol. The Morgan fingerprint density at radius 1 is 1.50 bits per heavy atom. The lowest BCUT2D eigenvalue weighted by Gasteiger charge is -2.08. The van der Waals surface area contributed by atoms with E-state index in [0.717, 1.165) is 13.2 Å². The van der Waals surface area contributed by atoms with Crippen molar-refractivity contribution in [3.63, 3.8) is 0 Å². The number of esters is 1. The second kappa shape index (κ2) is 6.53. The number of carbonyl (C=O) groups excluding carboxylic acids is 1. The highest BCUT2D eigenvalue weighted by Crippen LogP contribution is 2.34. The zero-order valence-electron chi connectivity index (χ0n) is 10.8. The first-order valence-electron chi connectivity index (χ1n) is 5.38. The van der Waals surface area contributed by atoms with Crippen LogP contribution in [0.5, 0.6) is 0 Å². The smallest absolute Gasteiger partial charge is 0.416 e. The van der Waals surface area contributed by atoms with E-state index in [2.05, 4.69) is 9.84 Å². The number of alkyl halides is 3. The predicted octanol–water partition coefficient (Wildman–Crippen LogP) is 2.08. The van der Waals surface area contributed by atoms with Crippen molar-refractivity contribution >= 4 is 23.1 Å². The first kappa shape index (κ1) is 16.9. The Morgan fingerprint density at radius 2 is 2.14 bits per heavy atom. The minimum Gasteiger partial charge on any atom is -0.464 e. The summed E-state index contributed by atoms with van der Waals surface area (Å²) in [6.45, 7) is 0. The molecule has 22 heavy (non-hydrogen) atoms. The van der Waals surface area contributed by atoms with Crippen LogP contribution >= 0.6 is 0 Å². The van der Waals surface area contributed by atoms with E-state index in [1.165, 1.54) is 6.07 Å². The molecule has 0 atom stereocenters. The van der Waals surface area contributed by atoms with E-state index in [0.29, 0.717) is 12.1 Å². The summed E-state index contributed by atoms with van der Waals surface area (Å²) in [5.41, 5.74) is -1.32. The van der Waals surface area contributed by atoms with Gasteiger partial charge in [-0.25, -0.2) is 4.79 Å². The van der Waals surface area contributed by atoms with Crippen LogP contribution in [0.2, 0.25) is 0 Å². The van der Waals surface area contributed by atoms with E-state index >= 15 is 0 Å². The Hall–Kier alpha value is -3.16. The molecule has 11 heteroatoms. The fourth-order valence-electron chi connectivity index (χ4n) is 1.28. The van der Waals surface area contributed by atoms with Gasteiger partial charge in [-0.15, -0.1) is 0 Å². The number of hydrogen-bond donors (Lipinski definition) is 1. The first-order valence-corrected chi connectivity index (χ1v) is 5.38. The van der Waals surface area contributed by atoms with Crippen molar-refractivity contribution in [3.05, 3.63) is 33.9 Å². The highest BCUT2D eigenvalue weighted by molar-refractivity contribution is 6.43. The lowest BCUT2D eigenvalue weighted by atomic mass is 10.1. The molecule has 0 amide bonds. The molecule has 116 valence electrons. The zero-order valence-corrected chi connectivity index (χ0v) is 10.8. The Labute approximate surface area is 120 Å². The van der Waals surface area contributed by atoms with Crippen LogP contribution in [0.25, 0.3) is 0 Å². The van der Waals surface area contributed by atoms with Gasteiger partial charge in [-0.05, 0) is 12.1 Å². The molecule has 0 fully saturated rings. The summed E-state index contributed by atoms with van der Waals surface area (Å²) in [6, 6.07) is 3.03. The molecule has 1 aromatic rings. The SMILES string of the molecule is COC(=O)/C(C#N)=N/Nc1ccc(C(F)(F)F)cc1[N+](=O)[O-]. The number of carbonyl (C=O) groups is 1. The van der Waals surface area contributed by atoms with Gasteiger partial charge in [0.1, 0.15) is 11.8 Å². The van der Waals surface area contributed by atoms with Crippen LogP contribution in [0.15, 0.2) is 23.3 Å². The predicted molar refractivity (Wildman–Crippen MR) is 66.8 cm³/mol. The van der Waals surface area contributed by atoms with Gasteiger partial charge in [0.25, 0.3) is 5.69 Å². The van der Waals surface area contributed by atoms with Gasteiger partial charge in [0.2, 0.25) is 5.71 Å². The summed E-state index contributed by atoms with van der Waals surface area (Å²) in [4.78, 5) is 20.8. The highest BCUT2D eigenvalue weighted by atomic mass is 19.4. The fraction of sp³-hybridized carbons (Fsp3) is 0.182. The van der Waals surface area contributed by atoms with Crippen molar-refractivity contribution in [2.24, 2.45) is 5.10 Å². The Kier molecular flexibility index (Phi) is 5.01. The second-order valence-electron chi connectivity index (χ2n) is 3.66. The molecule has 0 unspecified atom stereocenters. The monoisotopic (exact) mass is 316 g/mol. The molecule has 0 saturated carbocycles. The largest absolute Gasteiger partial charge is 0.464 e. The van der Waals surface area contributed by atoms with Gasteiger partial charge in [0.15, 0.2) is 0 Å². The van der Waals surface area contributed by atoms with Crippen LogP contribution in [-0.2, 0) is 15.7 Å².